The Labute approximate surface area is 68.2 Å². The lowest BCUT2D eigenvalue weighted by atomic mass is 10.2. The molecule has 0 aromatic heterocycles. The van der Waals surface area contributed by atoms with E-state index in [1.807, 2.05) is 18.7 Å². The van der Waals surface area contributed by atoms with Crippen LogP contribution in [0, 0.1) is 5.92 Å². The molecule has 0 saturated carbocycles. The molecule has 0 amide bonds. The van der Waals surface area contributed by atoms with E-state index in [0.717, 1.165) is 5.75 Å². The number of hydrogen-bond acceptors (Lipinski definition) is 2. The first-order chi connectivity index (χ1) is 4.54. The van der Waals surface area contributed by atoms with E-state index in [1.54, 1.807) is 0 Å². The minimum absolute atomic E-state index is 0.161. The number of rotatable bonds is 4. The van der Waals surface area contributed by atoms with Gasteiger partial charge in [0, 0.05) is 11.0 Å². The lowest BCUT2D eigenvalue weighted by molar-refractivity contribution is 0.220. The van der Waals surface area contributed by atoms with Gasteiger partial charge in [0.15, 0.2) is 0 Å². The summed E-state index contributed by atoms with van der Waals surface area (Å²) in [4.78, 5) is 0. The largest absolute Gasteiger partial charge is 0.393 e. The first kappa shape index (κ1) is 10.3. The van der Waals surface area contributed by atoms with Crippen molar-refractivity contribution in [1.29, 1.82) is 0 Å². The first-order valence-electron chi connectivity index (χ1n) is 3.83. The van der Waals surface area contributed by atoms with Crippen LogP contribution in [0.25, 0.3) is 0 Å². The van der Waals surface area contributed by atoms with Gasteiger partial charge < -0.3 is 5.11 Å². The summed E-state index contributed by atoms with van der Waals surface area (Å²) in [5, 5.41) is 9.62. The van der Waals surface area contributed by atoms with Gasteiger partial charge >= 0.3 is 0 Å². The van der Waals surface area contributed by atoms with E-state index in [9.17, 15) is 0 Å². The molecular weight excluding hydrogens is 144 g/mol. The lowest BCUT2D eigenvalue weighted by Crippen LogP contribution is -2.11. The van der Waals surface area contributed by atoms with Gasteiger partial charge in [-0.05, 0) is 12.8 Å². The van der Waals surface area contributed by atoms with E-state index in [2.05, 4.69) is 20.8 Å². The fourth-order valence-corrected chi connectivity index (χ4v) is 1.45. The summed E-state index contributed by atoms with van der Waals surface area (Å²) in [6.07, 6.45) is -0.161. The van der Waals surface area contributed by atoms with Gasteiger partial charge in [-0.15, -0.1) is 0 Å². The molecule has 2 atom stereocenters. The van der Waals surface area contributed by atoms with Crippen LogP contribution >= 0.6 is 11.8 Å². The molecule has 0 aromatic carbocycles. The van der Waals surface area contributed by atoms with Crippen molar-refractivity contribution in [3.05, 3.63) is 0 Å². The molecule has 1 N–H and O–H groups in total. The smallest absolute Gasteiger partial charge is 0.0602 e. The number of aliphatic hydroxyl groups excluding tert-OH is 1. The Balaban J connectivity index is 3.30. The molecule has 0 saturated heterocycles. The van der Waals surface area contributed by atoms with Crippen molar-refractivity contribution in [2.24, 2.45) is 5.92 Å². The maximum Gasteiger partial charge on any atom is 0.0602 e. The Morgan fingerprint density at radius 1 is 1.20 bits per heavy atom. The van der Waals surface area contributed by atoms with Crippen LogP contribution in [-0.2, 0) is 0 Å². The summed E-state index contributed by atoms with van der Waals surface area (Å²) in [5.41, 5.74) is 0. The van der Waals surface area contributed by atoms with Crippen molar-refractivity contribution in [1.82, 2.24) is 0 Å². The van der Waals surface area contributed by atoms with Crippen molar-refractivity contribution >= 4 is 11.8 Å². The molecule has 0 fully saturated rings. The SMILES string of the molecule is CC(C)C(C)SC[C@H](C)O. The van der Waals surface area contributed by atoms with Crippen molar-refractivity contribution in [2.45, 2.75) is 39.0 Å². The molecule has 62 valence electrons. The maximum absolute atomic E-state index is 8.96. The van der Waals surface area contributed by atoms with Crippen molar-refractivity contribution in [3.8, 4) is 0 Å². The van der Waals surface area contributed by atoms with E-state index in [0.29, 0.717) is 11.2 Å². The number of aliphatic hydroxyl groups is 1. The van der Waals surface area contributed by atoms with Crippen LogP contribution in [0.3, 0.4) is 0 Å². The lowest BCUT2D eigenvalue weighted by Gasteiger charge is -2.15. The fraction of sp³-hybridized carbons (Fsp3) is 1.00. The van der Waals surface area contributed by atoms with Gasteiger partial charge in [0.05, 0.1) is 6.10 Å². The molecule has 0 rings (SSSR count). The molecular formula is C8H18OS. The van der Waals surface area contributed by atoms with E-state index in [-0.39, 0.29) is 6.10 Å². The van der Waals surface area contributed by atoms with Gasteiger partial charge in [-0.2, -0.15) is 11.8 Å². The molecule has 0 aliphatic heterocycles. The fourth-order valence-electron chi connectivity index (χ4n) is 0.483. The molecule has 0 aromatic rings. The molecule has 1 unspecified atom stereocenters. The zero-order chi connectivity index (χ0) is 8.15. The summed E-state index contributed by atoms with van der Waals surface area (Å²) < 4.78 is 0. The Hall–Kier alpha value is 0.310. The normalized spacial score (nSPS) is 17.4. The average Bonchev–Trinajstić information content (AvgIpc) is 1.82. The molecule has 0 radical (unpaired) electrons. The highest BCUT2D eigenvalue weighted by Crippen LogP contribution is 2.18. The molecule has 0 aliphatic carbocycles. The van der Waals surface area contributed by atoms with Crippen molar-refractivity contribution in [3.63, 3.8) is 0 Å². The van der Waals surface area contributed by atoms with Gasteiger partial charge in [-0.1, -0.05) is 20.8 Å². The molecule has 1 nitrogen and oxygen atoms in total. The second-order valence-corrected chi connectivity index (χ2v) is 4.54. The predicted octanol–water partition coefficient (Wildman–Crippen LogP) is 2.14. The second-order valence-electron chi connectivity index (χ2n) is 3.13. The van der Waals surface area contributed by atoms with Crippen molar-refractivity contribution in [2.75, 3.05) is 5.75 Å². The van der Waals surface area contributed by atoms with Crippen LogP contribution in [0.15, 0.2) is 0 Å². The zero-order valence-corrected chi connectivity index (χ0v) is 8.11. The topological polar surface area (TPSA) is 20.2 Å². The highest BCUT2D eigenvalue weighted by molar-refractivity contribution is 7.99. The third-order valence-corrected chi connectivity index (χ3v) is 3.28. The molecule has 0 spiro atoms. The first-order valence-corrected chi connectivity index (χ1v) is 4.88. The summed E-state index contributed by atoms with van der Waals surface area (Å²) >= 11 is 1.84. The van der Waals surface area contributed by atoms with E-state index in [1.165, 1.54) is 0 Å². The van der Waals surface area contributed by atoms with Crippen LogP contribution in [0.2, 0.25) is 0 Å². The molecule has 0 aliphatic rings. The Bertz CT molecular complexity index is 81.3. The number of thioether (sulfide) groups is 1. The quantitative estimate of drug-likeness (QED) is 0.683. The van der Waals surface area contributed by atoms with Gasteiger partial charge in [0.1, 0.15) is 0 Å². The summed E-state index contributed by atoms with van der Waals surface area (Å²) in [7, 11) is 0. The highest BCUT2D eigenvalue weighted by Gasteiger charge is 2.07. The van der Waals surface area contributed by atoms with E-state index in [4.69, 9.17) is 5.11 Å². The molecule has 0 heterocycles. The zero-order valence-electron chi connectivity index (χ0n) is 7.29. The molecule has 2 heteroatoms. The number of hydrogen-bond donors (Lipinski definition) is 1. The van der Waals surface area contributed by atoms with Crippen LogP contribution < -0.4 is 0 Å². The van der Waals surface area contributed by atoms with E-state index < -0.39 is 0 Å². The summed E-state index contributed by atoms with van der Waals surface area (Å²) in [6.45, 7) is 8.46. The van der Waals surface area contributed by atoms with Gasteiger partial charge in [-0.25, -0.2) is 0 Å². The third-order valence-electron chi connectivity index (χ3n) is 1.54. The Kier molecular flexibility index (Phi) is 5.18. The van der Waals surface area contributed by atoms with E-state index >= 15 is 0 Å². The Morgan fingerprint density at radius 3 is 2.00 bits per heavy atom. The van der Waals surface area contributed by atoms with Crippen LogP contribution in [0.1, 0.15) is 27.7 Å². The monoisotopic (exact) mass is 162 g/mol. The van der Waals surface area contributed by atoms with Crippen LogP contribution in [0.4, 0.5) is 0 Å². The minimum atomic E-state index is -0.161. The highest BCUT2D eigenvalue weighted by atomic mass is 32.2. The maximum atomic E-state index is 8.96. The molecule has 0 bridgehead atoms. The summed E-state index contributed by atoms with van der Waals surface area (Å²) in [6, 6.07) is 0. The third kappa shape index (κ3) is 5.12. The van der Waals surface area contributed by atoms with Gasteiger partial charge in [-0.3, -0.25) is 0 Å². The van der Waals surface area contributed by atoms with Gasteiger partial charge in [0.25, 0.3) is 0 Å². The predicted molar refractivity (Wildman–Crippen MR) is 48.4 cm³/mol. The van der Waals surface area contributed by atoms with Crippen LogP contribution in [0.5, 0.6) is 0 Å². The Morgan fingerprint density at radius 2 is 1.70 bits per heavy atom. The minimum Gasteiger partial charge on any atom is -0.393 e. The standard InChI is InChI=1S/C8H18OS/c1-6(2)8(4)10-5-7(3)9/h6-9H,5H2,1-4H3/t7-,8?/m0/s1. The second kappa shape index (κ2) is 5.03. The van der Waals surface area contributed by atoms with Gasteiger partial charge in [0.2, 0.25) is 0 Å². The average molecular weight is 162 g/mol. The molecule has 10 heavy (non-hydrogen) atoms. The summed E-state index contributed by atoms with van der Waals surface area (Å²) in [5.74, 6) is 1.57. The van der Waals surface area contributed by atoms with Crippen molar-refractivity contribution < 1.29 is 5.11 Å². The van der Waals surface area contributed by atoms with Crippen LogP contribution in [-0.4, -0.2) is 22.2 Å².